The molecule has 0 aliphatic carbocycles. The molecule has 1 fully saturated rings. The maximum absolute atomic E-state index is 12.0. The third-order valence-electron chi connectivity index (χ3n) is 2.63. The van der Waals surface area contributed by atoms with E-state index in [1.165, 1.54) is 0 Å². The van der Waals surface area contributed by atoms with Crippen molar-refractivity contribution in [1.82, 2.24) is 10.2 Å². The first-order chi connectivity index (χ1) is 7.92. The summed E-state index contributed by atoms with van der Waals surface area (Å²) in [6.07, 6.45) is 1.90. The predicted octanol–water partition coefficient (Wildman–Crippen LogP) is 1.18. The number of ether oxygens (including phenoxy) is 1. The monoisotopic (exact) mass is 240 g/mol. The van der Waals surface area contributed by atoms with E-state index in [4.69, 9.17) is 4.74 Å². The maximum atomic E-state index is 12.0. The molecule has 0 radical (unpaired) electrons. The van der Waals surface area contributed by atoms with Crippen molar-refractivity contribution in [3.63, 3.8) is 0 Å². The molecule has 0 spiro atoms. The molecule has 0 bridgehead atoms. The minimum absolute atomic E-state index is 0.0338. The van der Waals surface area contributed by atoms with Crippen LogP contribution in [0.2, 0.25) is 0 Å². The quantitative estimate of drug-likeness (QED) is 0.753. The van der Waals surface area contributed by atoms with Crippen LogP contribution in [-0.4, -0.2) is 49.2 Å². The van der Waals surface area contributed by atoms with Crippen LogP contribution in [0.4, 0.5) is 0 Å². The molecule has 0 saturated carbocycles. The van der Waals surface area contributed by atoms with Gasteiger partial charge in [0.25, 0.3) is 0 Å². The first kappa shape index (κ1) is 14.2. The molecule has 1 aliphatic rings. The van der Waals surface area contributed by atoms with Crippen LogP contribution in [0.3, 0.4) is 0 Å². The molecule has 0 aromatic carbocycles. The Bertz CT molecular complexity index is 286. The fourth-order valence-electron chi connectivity index (χ4n) is 1.72. The van der Waals surface area contributed by atoms with Gasteiger partial charge in [0.1, 0.15) is 0 Å². The second-order valence-electron chi connectivity index (χ2n) is 5.41. The molecule has 1 rings (SSSR count). The van der Waals surface area contributed by atoms with Gasteiger partial charge in [0, 0.05) is 30.7 Å². The standard InChI is InChI=1S/C13H24N2O2/c1-5-11(12(16)14-13(2,3)4)10-15-6-8-17-9-7-15/h5H,6-10H2,1-4H3,(H,14,16)/b11-5+. The van der Waals surface area contributed by atoms with E-state index in [1.807, 2.05) is 33.8 Å². The average molecular weight is 240 g/mol. The Morgan fingerprint density at radius 3 is 2.41 bits per heavy atom. The molecule has 17 heavy (non-hydrogen) atoms. The summed E-state index contributed by atoms with van der Waals surface area (Å²) in [5.41, 5.74) is 0.651. The van der Waals surface area contributed by atoms with Crippen molar-refractivity contribution in [1.29, 1.82) is 0 Å². The number of carbonyl (C=O) groups is 1. The van der Waals surface area contributed by atoms with E-state index in [0.717, 1.165) is 31.9 Å². The molecule has 0 atom stereocenters. The Balaban J connectivity index is 2.50. The van der Waals surface area contributed by atoms with Gasteiger partial charge in [-0.2, -0.15) is 0 Å². The SMILES string of the molecule is C/C=C(\CN1CCOCC1)C(=O)NC(C)(C)C. The molecule has 0 aromatic rings. The number of hydrogen-bond donors (Lipinski definition) is 1. The number of morpholine rings is 1. The zero-order chi connectivity index (χ0) is 12.9. The Hall–Kier alpha value is -0.870. The average Bonchev–Trinajstić information content (AvgIpc) is 2.24. The van der Waals surface area contributed by atoms with Crippen molar-refractivity contribution in [2.75, 3.05) is 32.8 Å². The lowest BCUT2D eigenvalue weighted by atomic mass is 10.1. The van der Waals surface area contributed by atoms with Gasteiger partial charge in [-0.05, 0) is 27.7 Å². The van der Waals surface area contributed by atoms with Crippen molar-refractivity contribution in [2.45, 2.75) is 33.2 Å². The van der Waals surface area contributed by atoms with Gasteiger partial charge in [0.15, 0.2) is 0 Å². The van der Waals surface area contributed by atoms with Gasteiger partial charge in [-0.25, -0.2) is 0 Å². The number of rotatable bonds is 3. The molecule has 0 unspecified atom stereocenters. The lowest BCUT2D eigenvalue weighted by Gasteiger charge is -2.28. The highest BCUT2D eigenvalue weighted by molar-refractivity contribution is 5.94. The third kappa shape index (κ3) is 5.33. The molecule has 0 aromatic heterocycles. The second-order valence-corrected chi connectivity index (χ2v) is 5.41. The van der Waals surface area contributed by atoms with Crippen molar-refractivity contribution in [2.24, 2.45) is 0 Å². The van der Waals surface area contributed by atoms with Crippen LogP contribution >= 0.6 is 0 Å². The predicted molar refractivity (Wildman–Crippen MR) is 68.9 cm³/mol. The lowest BCUT2D eigenvalue weighted by Crippen LogP contribution is -2.44. The highest BCUT2D eigenvalue weighted by Gasteiger charge is 2.19. The Labute approximate surface area is 104 Å². The van der Waals surface area contributed by atoms with E-state index in [1.54, 1.807) is 0 Å². The topological polar surface area (TPSA) is 41.6 Å². The molecule has 1 amide bonds. The van der Waals surface area contributed by atoms with Crippen molar-refractivity contribution < 1.29 is 9.53 Å². The minimum atomic E-state index is -0.184. The summed E-state index contributed by atoms with van der Waals surface area (Å²) in [5, 5.41) is 2.99. The van der Waals surface area contributed by atoms with Crippen LogP contribution in [0.5, 0.6) is 0 Å². The van der Waals surface area contributed by atoms with Crippen LogP contribution in [0.15, 0.2) is 11.6 Å². The van der Waals surface area contributed by atoms with Gasteiger partial charge in [-0.3, -0.25) is 9.69 Å². The van der Waals surface area contributed by atoms with Crippen molar-refractivity contribution >= 4 is 5.91 Å². The molecule has 1 aliphatic heterocycles. The first-order valence-corrected chi connectivity index (χ1v) is 6.20. The van der Waals surface area contributed by atoms with Gasteiger partial charge in [0.05, 0.1) is 13.2 Å². The van der Waals surface area contributed by atoms with Crippen LogP contribution in [0, 0.1) is 0 Å². The van der Waals surface area contributed by atoms with E-state index >= 15 is 0 Å². The van der Waals surface area contributed by atoms with Crippen LogP contribution < -0.4 is 5.32 Å². The molecule has 1 saturated heterocycles. The van der Waals surface area contributed by atoms with Gasteiger partial charge < -0.3 is 10.1 Å². The maximum Gasteiger partial charge on any atom is 0.248 e. The summed E-state index contributed by atoms with van der Waals surface area (Å²) >= 11 is 0. The van der Waals surface area contributed by atoms with Crippen LogP contribution in [0.1, 0.15) is 27.7 Å². The zero-order valence-electron chi connectivity index (χ0n) is 11.4. The Kier molecular flexibility index (Phi) is 5.15. The van der Waals surface area contributed by atoms with Gasteiger partial charge >= 0.3 is 0 Å². The van der Waals surface area contributed by atoms with E-state index in [-0.39, 0.29) is 11.4 Å². The number of nitrogens with zero attached hydrogens (tertiary/aromatic N) is 1. The second kappa shape index (κ2) is 6.17. The number of amides is 1. The molecular formula is C13H24N2O2. The fraction of sp³-hybridized carbons (Fsp3) is 0.769. The van der Waals surface area contributed by atoms with Crippen molar-refractivity contribution in [3.8, 4) is 0 Å². The molecule has 4 heteroatoms. The summed E-state index contributed by atoms with van der Waals surface area (Å²) in [5.74, 6) is 0.0338. The zero-order valence-corrected chi connectivity index (χ0v) is 11.4. The first-order valence-electron chi connectivity index (χ1n) is 6.20. The summed E-state index contributed by atoms with van der Waals surface area (Å²) in [7, 11) is 0. The summed E-state index contributed by atoms with van der Waals surface area (Å²) in [4.78, 5) is 14.3. The minimum Gasteiger partial charge on any atom is -0.379 e. The van der Waals surface area contributed by atoms with E-state index in [0.29, 0.717) is 6.54 Å². The molecule has 4 nitrogen and oxygen atoms in total. The smallest absolute Gasteiger partial charge is 0.248 e. The molecule has 1 N–H and O–H groups in total. The van der Waals surface area contributed by atoms with Gasteiger partial charge in [-0.1, -0.05) is 6.08 Å². The van der Waals surface area contributed by atoms with E-state index in [9.17, 15) is 4.79 Å². The normalized spacial score (nSPS) is 19.2. The van der Waals surface area contributed by atoms with Gasteiger partial charge in [-0.15, -0.1) is 0 Å². The Morgan fingerprint density at radius 1 is 1.35 bits per heavy atom. The van der Waals surface area contributed by atoms with Crippen molar-refractivity contribution in [3.05, 3.63) is 11.6 Å². The number of allylic oxidation sites excluding steroid dienone is 1. The summed E-state index contributed by atoms with van der Waals surface area (Å²) in [6, 6.07) is 0. The van der Waals surface area contributed by atoms with E-state index < -0.39 is 0 Å². The van der Waals surface area contributed by atoms with Gasteiger partial charge in [0.2, 0.25) is 5.91 Å². The number of nitrogens with one attached hydrogen (secondary N) is 1. The highest BCUT2D eigenvalue weighted by atomic mass is 16.5. The molecular weight excluding hydrogens is 216 g/mol. The molecule has 1 heterocycles. The summed E-state index contributed by atoms with van der Waals surface area (Å²) in [6.45, 7) is 11.9. The highest BCUT2D eigenvalue weighted by Crippen LogP contribution is 2.06. The third-order valence-corrected chi connectivity index (χ3v) is 2.63. The largest absolute Gasteiger partial charge is 0.379 e. The fourth-order valence-corrected chi connectivity index (χ4v) is 1.72. The Morgan fingerprint density at radius 2 is 1.94 bits per heavy atom. The number of carbonyl (C=O) groups excluding carboxylic acids is 1. The van der Waals surface area contributed by atoms with E-state index in [2.05, 4.69) is 10.2 Å². The molecule has 98 valence electrons. The van der Waals surface area contributed by atoms with Crippen LogP contribution in [-0.2, 0) is 9.53 Å². The lowest BCUT2D eigenvalue weighted by molar-refractivity contribution is -0.119. The van der Waals surface area contributed by atoms with Crippen LogP contribution in [0.25, 0.3) is 0 Å². The number of hydrogen-bond acceptors (Lipinski definition) is 3. The summed E-state index contributed by atoms with van der Waals surface area (Å²) < 4.78 is 5.29.